The van der Waals surface area contributed by atoms with Crippen molar-refractivity contribution >= 4 is 14.0 Å². The lowest BCUT2D eigenvalue weighted by Crippen LogP contribution is -2.50. The number of carboxylic acid groups (broad SMARTS) is 1. The first-order valence-electron chi connectivity index (χ1n) is 2.65. The van der Waals surface area contributed by atoms with Crippen LogP contribution in [0.15, 0.2) is 0 Å². The Bertz CT molecular complexity index is 117. The van der Waals surface area contributed by atoms with Crippen molar-refractivity contribution in [2.24, 2.45) is 0 Å². The largest absolute Gasteiger partial charge is 0.480 e. The first-order valence-corrected chi connectivity index (χ1v) is 2.65. The fraction of sp³-hybridized carbons (Fsp3) is 0.750. The van der Waals surface area contributed by atoms with Gasteiger partial charge in [0.1, 0.15) is 0 Å². The smallest absolute Gasteiger partial charge is 0.319 e. The first-order chi connectivity index (χ1) is 3.72. The van der Waals surface area contributed by atoms with Crippen LogP contribution in [0.5, 0.6) is 0 Å². The number of nitrogens with zero attached hydrogens (tertiary/aromatic N) is 1. The molecule has 1 aliphatic heterocycles. The number of carboxylic acids is 1. The topological polar surface area (TPSA) is 40.5 Å². The van der Waals surface area contributed by atoms with Gasteiger partial charge in [-0.3, -0.25) is 4.79 Å². The molecule has 1 aliphatic rings. The van der Waals surface area contributed by atoms with Crippen LogP contribution in [-0.2, 0) is 4.79 Å². The summed E-state index contributed by atoms with van der Waals surface area (Å²) in [6.45, 7) is 0.928. The van der Waals surface area contributed by atoms with Crippen LogP contribution in [0, 0.1) is 0 Å². The number of hydrogen-bond acceptors (Lipinski definition) is 2. The predicted octanol–water partition coefficient (Wildman–Crippen LogP) is -1.31. The van der Waals surface area contributed by atoms with E-state index in [0.717, 1.165) is 13.0 Å². The van der Waals surface area contributed by atoms with Crippen molar-refractivity contribution in [1.82, 2.24) is 4.81 Å². The Morgan fingerprint density at radius 1 is 1.88 bits per heavy atom. The Labute approximate surface area is 48.7 Å². The molecule has 4 heteroatoms. The Balaban J connectivity index is 2.37. The zero-order valence-electron chi connectivity index (χ0n) is 4.79. The Morgan fingerprint density at radius 3 is 2.50 bits per heavy atom. The molecular weight excluding hydrogens is 105 g/mol. The van der Waals surface area contributed by atoms with E-state index >= 15 is 0 Å². The number of aliphatic carboxylic acids is 1. The van der Waals surface area contributed by atoms with Crippen molar-refractivity contribution in [1.29, 1.82) is 0 Å². The zero-order valence-corrected chi connectivity index (χ0v) is 4.79. The summed E-state index contributed by atoms with van der Waals surface area (Å²) in [5, 5.41) is 8.36. The van der Waals surface area contributed by atoms with Crippen molar-refractivity contribution in [2.75, 3.05) is 6.54 Å². The van der Waals surface area contributed by atoms with Crippen LogP contribution in [0.1, 0.15) is 6.42 Å². The molecule has 0 aromatic carbocycles. The average molecular weight is 113 g/mol. The van der Waals surface area contributed by atoms with Gasteiger partial charge in [0.25, 0.3) is 0 Å². The van der Waals surface area contributed by atoms with Crippen LogP contribution in [-0.4, -0.2) is 36.5 Å². The van der Waals surface area contributed by atoms with Gasteiger partial charge in [-0.25, -0.2) is 0 Å². The first kappa shape index (κ1) is 5.63. The summed E-state index contributed by atoms with van der Waals surface area (Å²) in [7, 11) is 1.82. The number of carbonyl (C=O) groups is 1. The van der Waals surface area contributed by atoms with E-state index in [4.69, 9.17) is 5.11 Å². The highest BCUT2D eigenvalue weighted by molar-refractivity contribution is 6.07. The number of hydrogen-bond donors (Lipinski definition) is 1. The highest BCUT2D eigenvalue weighted by Crippen LogP contribution is 2.12. The molecule has 1 heterocycles. The maximum absolute atomic E-state index is 10.2. The van der Waals surface area contributed by atoms with Crippen LogP contribution in [0.4, 0.5) is 0 Å². The minimum absolute atomic E-state index is 0.199. The molecule has 1 atom stereocenters. The zero-order chi connectivity index (χ0) is 6.15. The molecule has 0 aromatic rings. The Hall–Kier alpha value is -0.505. The third-order valence-corrected chi connectivity index (χ3v) is 1.57. The fourth-order valence-corrected chi connectivity index (χ4v) is 0.828. The minimum Gasteiger partial charge on any atom is -0.480 e. The van der Waals surface area contributed by atoms with Crippen molar-refractivity contribution in [2.45, 2.75) is 12.5 Å². The lowest BCUT2D eigenvalue weighted by atomic mass is 9.99. The van der Waals surface area contributed by atoms with Crippen LogP contribution < -0.4 is 0 Å². The normalized spacial score (nSPS) is 29.2. The molecule has 1 N–H and O–H groups in total. The molecule has 0 bridgehead atoms. The van der Waals surface area contributed by atoms with Crippen molar-refractivity contribution in [3.8, 4) is 0 Å². The molecular formula is C4H8BNO2. The molecule has 8 heavy (non-hydrogen) atoms. The van der Waals surface area contributed by atoms with Gasteiger partial charge < -0.3 is 9.92 Å². The summed E-state index contributed by atoms with van der Waals surface area (Å²) >= 11 is 0. The van der Waals surface area contributed by atoms with Gasteiger partial charge in [-0.2, -0.15) is 0 Å². The molecule has 0 saturated carbocycles. The van der Waals surface area contributed by atoms with Crippen molar-refractivity contribution in [3.63, 3.8) is 0 Å². The van der Waals surface area contributed by atoms with Gasteiger partial charge in [0, 0.05) is 0 Å². The summed E-state index contributed by atoms with van der Waals surface area (Å²) in [4.78, 5) is 12.0. The molecule has 3 nitrogen and oxygen atoms in total. The second kappa shape index (κ2) is 1.78. The van der Waals surface area contributed by atoms with E-state index in [2.05, 4.69) is 0 Å². The third kappa shape index (κ3) is 0.711. The van der Waals surface area contributed by atoms with E-state index in [1.165, 1.54) is 0 Å². The molecule has 0 aliphatic carbocycles. The van der Waals surface area contributed by atoms with Crippen LogP contribution in [0.3, 0.4) is 0 Å². The summed E-state index contributed by atoms with van der Waals surface area (Å²) in [5.74, 6) is -0.696. The fourth-order valence-electron chi connectivity index (χ4n) is 0.828. The highest BCUT2D eigenvalue weighted by Gasteiger charge is 2.29. The monoisotopic (exact) mass is 113 g/mol. The van der Waals surface area contributed by atoms with Crippen LogP contribution >= 0.6 is 0 Å². The maximum Gasteiger partial charge on any atom is 0.319 e. The van der Waals surface area contributed by atoms with Gasteiger partial charge >= 0.3 is 5.97 Å². The molecule has 0 amide bonds. The van der Waals surface area contributed by atoms with E-state index < -0.39 is 5.97 Å². The van der Waals surface area contributed by atoms with Crippen molar-refractivity contribution < 1.29 is 9.90 Å². The van der Waals surface area contributed by atoms with Gasteiger partial charge in [0.15, 0.2) is 7.98 Å². The second-order valence-corrected chi connectivity index (χ2v) is 2.12. The van der Waals surface area contributed by atoms with Crippen LogP contribution in [0.2, 0.25) is 0 Å². The van der Waals surface area contributed by atoms with E-state index in [1.807, 2.05) is 12.8 Å². The molecule has 0 radical (unpaired) electrons. The lowest BCUT2D eigenvalue weighted by Gasteiger charge is -2.34. The van der Waals surface area contributed by atoms with E-state index in [-0.39, 0.29) is 6.04 Å². The van der Waals surface area contributed by atoms with Gasteiger partial charge in [-0.1, -0.05) is 0 Å². The molecule has 0 aromatic heterocycles. The minimum atomic E-state index is -0.696. The summed E-state index contributed by atoms with van der Waals surface area (Å²) in [5.41, 5.74) is 0. The third-order valence-electron chi connectivity index (χ3n) is 1.57. The van der Waals surface area contributed by atoms with E-state index in [1.54, 1.807) is 0 Å². The molecule has 1 unspecified atom stereocenters. The Morgan fingerprint density at radius 2 is 2.50 bits per heavy atom. The highest BCUT2D eigenvalue weighted by atomic mass is 16.4. The SMILES string of the molecule is BN1CCC1C(=O)O. The molecule has 1 fully saturated rings. The average Bonchev–Trinajstić information content (AvgIpc) is 1.61. The molecule has 0 spiro atoms. The summed E-state index contributed by atoms with van der Waals surface area (Å²) < 4.78 is 0. The van der Waals surface area contributed by atoms with Crippen molar-refractivity contribution in [3.05, 3.63) is 0 Å². The quantitative estimate of drug-likeness (QED) is 0.429. The maximum atomic E-state index is 10.2. The summed E-state index contributed by atoms with van der Waals surface area (Å²) in [6, 6.07) is -0.199. The van der Waals surface area contributed by atoms with Gasteiger partial charge in [0.05, 0.1) is 6.04 Å². The van der Waals surface area contributed by atoms with E-state index in [0.29, 0.717) is 0 Å². The molecule has 1 rings (SSSR count). The summed E-state index contributed by atoms with van der Waals surface area (Å²) in [6.07, 6.45) is 0.811. The Kier molecular flexibility index (Phi) is 1.25. The molecule has 1 saturated heterocycles. The number of rotatable bonds is 1. The lowest BCUT2D eigenvalue weighted by molar-refractivity contribution is -0.144. The molecule has 44 valence electrons. The standard InChI is InChI=1S/C4H8BNO2/c5-6-2-1-3(6)4(7)8/h3H,1-2,5H2,(H,7,8). The van der Waals surface area contributed by atoms with Gasteiger partial charge in [-0.15, -0.1) is 0 Å². The van der Waals surface area contributed by atoms with E-state index in [9.17, 15) is 4.79 Å². The van der Waals surface area contributed by atoms with Crippen LogP contribution in [0.25, 0.3) is 0 Å². The second-order valence-electron chi connectivity index (χ2n) is 2.12. The predicted molar refractivity (Wildman–Crippen MR) is 31.3 cm³/mol. The van der Waals surface area contributed by atoms with Gasteiger partial charge in [-0.05, 0) is 13.0 Å². The van der Waals surface area contributed by atoms with Gasteiger partial charge in [0.2, 0.25) is 0 Å².